The molecule has 0 heterocycles. The van der Waals surface area contributed by atoms with Gasteiger partial charge in [0.25, 0.3) is 0 Å². The maximum Gasteiger partial charge on any atom is 0.472 e. The van der Waals surface area contributed by atoms with E-state index in [1.807, 2.05) is 21.1 Å². The van der Waals surface area contributed by atoms with Crippen molar-refractivity contribution in [2.45, 2.75) is 251 Å². The van der Waals surface area contributed by atoms with Gasteiger partial charge in [0.2, 0.25) is 0 Å². The molecule has 9 nitrogen and oxygen atoms in total. The molecule has 0 amide bonds. The Kier molecular flexibility index (Phi) is 46.5. The SMILES string of the molecule is CCCCC/C=C\C/C=C\CCCCCCCCCC(=O)OCC(COP(=O)(O)OCC[N+](C)(C)C)OC(=O)CCCCCCCCCCCCCCC/C=C\C/C=C\CCCCCCC. The van der Waals surface area contributed by atoms with Crippen molar-refractivity contribution in [3.8, 4) is 0 Å². The second kappa shape index (κ2) is 48.0. The highest BCUT2D eigenvalue weighted by atomic mass is 31.2. The lowest BCUT2D eigenvalue weighted by molar-refractivity contribution is -0.870. The van der Waals surface area contributed by atoms with Gasteiger partial charge in [-0.1, -0.05) is 204 Å². The number of carbonyl (C=O) groups excluding carboxylic acids is 2. The minimum Gasteiger partial charge on any atom is -0.462 e. The number of phosphoric ester groups is 1. The molecule has 0 radical (unpaired) electrons. The predicted octanol–water partition coefficient (Wildman–Crippen LogP) is 16.6. The fourth-order valence-electron chi connectivity index (χ4n) is 7.55. The Balaban J connectivity index is 4.19. The zero-order chi connectivity index (χ0) is 48.5. The number of esters is 2. The summed E-state index contributed by atoms with van der Waals surface area (Å²) in [6.45, 7) is 4.41. The number of hydrogen-bond acceptors (Lipinski definition) is 7. The zero-order valence-electron chi connectivity index (χ0n) is 43.7. The van der Waals surface area contributed by atoms with Crippen LogP contribution in [-0.4, -0.2) is 74.9 Å². The van der Waals surface area contributed by atoms with Crippen molar-refractivity contribution >= 4 is 19.8 Å². The number of ether oxygens (including phenoxy) is 2. The highest BCUT2D eigenvalue weighted by molar-refractivity contribution is 7.47. The number of carbonyl (C=O) groups is 2. The first-order valence-corrected chi connectivity index (χ1v) is 28.9. The maximum absolute atomic E-state index is 12.8. The number of rotatable bonds is 50. The number of nitrogens with zero attached hydrogens (tertiary/aromatic N) is 1. The maximum atomic E-state index is 12.8. The molecule has 10 heteroatoms. The average Bonchev–Trinajstić information content (AvgIpc) is 3.27. The van der Waals surface area contributed by atoms with Gasteiger partial charge in [-0.2, -0.15) is 0 Å². The minimum absolute atomic E-state index is 0.0298. The molecule has 0 aromatic heterocycles. The lowest BCUT2D eigenvalue weighted by atomic mass is 10.0. The van der Waals surface area contributed by atoms with Gasteiger partial charge in [0.1, 0.15) is 19.8 Å². The quantitative estimate of drug-likeness (QED) is 0.0211. The summed E-state index contributed by atoms with van der Waals surface area (Å²) >= 11 is 0. The summed E-state index contributed by atoms with van der Waals surface area (Å²) < 4.78 is 34.5. The van der Waals surface area contributed by atoms with E-state index in [0.29, 0.717) is 17.4 Å². The number of phosphoric acid groups is 1. The third-order valence-electron chi connectivity index (χ3n) is 11.8. The molecule has 2 unspecified atom stereocenters. The highest BCUT2D eigenvalue weighted by Gasteiger charge is 2.27. The van der Waals surface area contributed by atoms with Gasteiger partial charge in [0, 0.05) is 12.8 Å². The van der Waals surface area contributed by atoms with Crippen LogP contribution in [0.15, 0.2) is 48.6 Å². The monoisotopic (exact) mass is 951 g/mol. The van der Waals surface area contributed by atoms with Crippen LogP contribution in [-0.2, 0) is 32.7 Å². The molecule has 0 saturated heterocycles. The van der Waals surface area contributed by atoms with Gasteiger partial charge in [-0.25, -0.2) is 4.57 Å². The van der Waals surface area contributed by atoms with Gasteiger partial charge >= 0.3 is 19.8 Å². The van der Waals surface area contributed by atoms with E-state index in [9.17, 15) is 19.0 Å². The predicted molar refractivity (Wildman–Crippen MR) is 280 cm³/mol. The van der Waals surface area contributed by atoms with Crippen LogP contribution in [0.4, 0.5) is 0 Å². The van der Waals surface area contributed by atoms with Crippen LogP contribution >= 0.6 is 7.82 Å². The number of hydrogen-bond donors (Lipinski definition) is 1. The first-order valence-electron chi connectivity index (χ1n) is 27.4. The van der Waals surface area contributed by atoms with Crippen molar-refractivity contribution in [2.75, 3.05) is 47.5 Å². The second-order valence-corrected chi connectivity index (χ2v) is 21.1. The molecule has 0 fully saturated rings. The molecule has 0 aromatic rings. The Morgan fingerprint density at radius 3 is 1.23 bits per heavy atom. The zero-order valence-corrected chi connectivity index (χ0v) is 44.6. The van der Waals surface area contributed by atoms with E-state index >= 15 is 0 Å². The van der Waals surface area contributed by atoms with Crippen molar-refractivity contribution in [3.63, 3.8) is 0 Å². The van der Waals surface area contributed by atoms with E-state index < -0.39 is 26.5 Å². The number of unbranched alkanes of at least 4 members (excludes halogenated alkanes) is 28. The molecule has 0 bridgehead atoms. The standard InChI is InChI=1S/C56H104NO8P/c1-6-8-10-12-14-16-18-20-22-24-25-26-27-28-29-30-31-33-35-37-39-41-43-45-47-49-56(59)65-54(53-64-66(60,61)63-51-50-57(3,4)5)52-62-55(58)48-46-44-42-40-38-36-34-32-23-21-19-17-15-13-11-9-7-2/h15,17-18,20-21,23-25,54H,6-14,16,19,22,26-53H2,1-5H3/p+1/b17-15-,20-18-,23-21-,25-24-. The third-order valence-corrected chi connectivity index (χ3v) is 12.8. The summed E-state index contributed by atoms with van der Waals surface area (Å²) in [5, 5.41) is 0. The van der Waals surface area contributed by atoms with Crippen molar-refractivity contribution in [3.05, 3.63) is 48.6 Å². The molecular weight excluding hydrogens is 846 g/mol. The van der Waals surface area contributed by atoms with E-state index in [1.54, 1.807) is 0 Å². The summed E-state index contributed by atoms with van der Waals surface area (Å²) in [7, 11) is 1.47. The molecule has 386 valence electrons. The fraction of sp³-hybridized carbons (Fsp3) is 0.821. The van der Waals surface area contributed by atoms with Gasteiger partial charge in [0.05, 0.1) is 27.7 Å². The number of likely N-dealkylation sites (N-methyl/N-ethyl adjacent to an activating group) is 1. The smallest absolute Gasteiger partial charge is 0.462 e. The van der Waals surface area contributed by atoms with Crippen LogP contribution in [0.1, 0.15) is 245 Å². The molecule has 0 aliphatic rings. The minimum atomic E-state index is -4.38. The van der Waals surface area contributed by atoms with Crippen molar-refractivity contribution in [2.24, 2.45) is 0 Å². The molecule has 0 aliphatic carbocycles. The van der Waals surface area contributed by atoms with Gasteiger partial charge in [-0.3, -0.25) is 18.6 Å². The molecule has 0 saturated carbocycles. The van der Waals surface area contributed by atoms with Crippen LogP contribution in [0.5, 0.6) is 0 Å². The molecule has 0 rings (SSSR count). The van der Waals surface area contributed by atoms with Gasteiger partial charge in [-0.05, 0) is 77.0 Å². The fourth-order valence-corrected chi connectivity index (χ4v) is 8.29. The van der Waals surface area contributed by atoms with E-state index in [4.69, 9.17) is 18.5 Å². The molecule has 0 aromatic carbocycles. The molecule has 1 N–H and O–H groups in total. The van der Waals surface area contributed by atoms with Gasteiger partial charge in [-0.15, -0.1) is 0 Å². The normalized spacial score (nSPS) is 13.7. The summed E-state index contributed by atoms with van der Waals surface area (Å²) in [6, 6.07) is 0. The number of quaternary nitrogens is 1. The summed E-state index contributed by atoms with van der Waals surface area (Å²) in [4.78, 5) is 35.6. The molecule has 0 spiro atoms. The lowest BCUT2D eigenvalue weighted by Gasteiger charge is -2.24. The Labute approximate surface area is 407 Å². The summed E-state index contributed by atoms with van der Waals surface area (Å²) in [5.74, 6) is -0.802. The average molecular weight is 951 g/mol. The van der Waals surface area contributed by atoms with Crippen molar-refractivity contribution in [1.82, 2.24) is 0 Å². The second-order valence-electron chi connectivity index (χ2n) is 19.6. The van der Waals surface area contributed by atoms with Crippen molar-refractivity contribution in [1.29, 1.82) is 0 Å². The van der Waals surface area contributed by atoms with Gasteiger partial charge in [0.15, 0.2) is 6.10 Å². The van der Waals surface area contributed by atoms with E-state index in [0.717, 1.165) is 57.8 Å². The Morgan fingerprint density at radius 1 is 0.470 bits per heavy atom. The van der Waals surface area contributed by atoms with Crippen LogP contribution in [0, 0.1) is 0 Å². The first-order chi connectivity index (χ1) is 32.0. The highest BCUT2D eigenvalue weighted by Crippen LogP contribution is 2.43. The summed E-state index contributed by atoms with van der Waals surface area (Å²) in [6.07, 6.45) is 58.8. The van der Waals surface area contributed by atoms with Crippen LogP contribution in [0.2, 0.25) is 0 Å². The Bertz CT molecular complexity index is 1260. The van der Waals surface area contributed by atoms with Crippen molar-refractivity contribution < 1.29 is 42.1 Å². The third kappa shape index (κ3) is 51.4. The molecule has 2 atom stereocenters. The molecular formula is C56H105NO8P+. The Hall–Kier alpha value is -2.03. The first kappa shape index (κ1) is 64.0. The van der Waals surface area contributed by atoms with Crippen LogP contribution in [0.25, 0.3) is 0 Å². The van der Waals surface area contributed by atoms with E-state index in [1.165, 1.54) is 154 Å². The molecule has 0 aliphatic heterocycles. The van der Waals surface area contributed by atoms with Gasteiger partial charge < -0.3 is 18.9 Å². The Morgan fingerprint density at radius 2 is 0.818 bits per heavy atom. The van der Waals surface area contributed by atoms with Crippen LogP contribution < -0.4 is 0 Å². The topological polar surface area (TPSA) is 108 Å². The van der Waals surface area contributed by atoms with E-state index in [2.05, 4.69) is 62.5 Å². The molecule has 66 heavy (non-hydrogen) atoms. The largest absolute Gasteiger partial charge is 0.472 e. The van der Waals surface area contributed by atoms with Crippen LogP contribution in [0.3, 0.4) is 0 Å². The van der Waals surface area contributed by atoms with E-state index in [-0.39, 0.29) is 32.0 Å². The summed E-state index contributed by atoms with van der Waals surface area (Å²) in [5.41, 5.74) is 0. The lowest BCUT2D eigenvalue weighted by Crippen LogP contribution is -2.37. The number of allylic oxidation sites excluding steroid dienone is 8.